The van der Waals surface area contributed by atoms with Crippen LogP contribution >= 0.6 is 0 Å². The van der Waals surface area contributed by atoms with Crippen LogP contribution in [0.5, 0.6) is 0 Å². The van der Waals surface area contributed by atoms with Crippen molar-refractivity contribution in [3.05, 3.63) is 205 Å². The zero-order valence-electron chi connectivity index (χ0n) is 31.8. The molecule has 0 aliphatic heterocycles. The van der Waals surface area contributed by atoms with Crippen LogP contribution in [-0.4, -0.2) is 19.5 Å². The first-order valence-electron chi connectivity index (χ1n) is 19.4. The van der Waals surface area contributed by atoms with E-state index in [0.29, 0.717) is 17.5 Å². The minimum atomic E-state index is 0.633. The van der Waals surface area contributed by atoms with Gasteiger partial charge in [0, 0.05) is 33.2 Å². The van der Waals surface area contributed by atoms with Crippen LogP contribution in [0.15, 0.2) is 194 Å². The molecule has 0 saturated carbocycles. The van der Waals surface area contributed by atoms with E-state index in [9.17, 15) is 0 Å². The second kappa shape index (κ2) is 14.3. The van der Waals surface area contributed by atoms with Gasteiger partial charge in [-0.15, -0.1) is 0 Å². The molecule has 2 heterocycles. The Morgan fingerprint density at radius 3 is 1.51 bits per heavy atom. The van der Waals surface area contributed by atoms with Crippen LogP contribution in [0.1, 0.15) is 11.1 Å². The molecule has 0 amide bonds. The zero-order chi connectivity index (χ0) is 38.3. The summed E-state index contributed by atoms with van der Waals surface area (Å²) in [5.41, 5.74) is 15.7. The molecule has 0 radical (unpaired) electrons. The topological polar surface area (TPSA) is 43.6 Å². The molecular formula is C53H38N4. The zero-order valence-corrected chi connectivity index (χ0v) is 31.8. The molecule has 0 N–H and O–H groups in total. The third kappa shape index (κ3) is 6.27. The number of hydrogen-bond acceptors (Lipinski definition) is 3. The molecule has 270 valence electrons. The standard InChI is InChI=1S/C53H38N4/c1-35-14-6-7-19-44(35)45-22-13-23-46(36(45)2)53-55-51(54-52(56-53)42-18-12-17-41(34-42)37-15-4-3-5-16-37)40-28-26-38(27-29-40)39-30-32-43(33-31-39)57-49-24-10-8-20-47(49)48-21-9-11-25-50(48)57/h3-34H,1-2H3. The predicted molar refractivity (Wildman–Crippen MR) is 236 cm³/mol. The summed E-state index contributed by atoms with van der Waals surface area (Å²) < 4.78 is 2.35. The van der Waals surface area contributed by atoms with Gasteiger partial charge in [0.15, 0.2) is 17.5 Å². The molecule has 10 aromatic rings. The van der Waals surface area contributed by atoms with Crippen LogP contribution in [0.2, 0.25) is 0 Å². The average molecular weight is 731 g/mol. The van der Waals surface area contributed by atoms with E-state index in [-0.39, 0.29) is 0 Å². The summed E-state index contributed by atoms with van der Waals surface area (Å²) in [6.45, 7) is 4.32. The smallest absolute Gasteiger partial charge is 0.164 e. The molecule has 0 saturated heterocycles. The van der Waals surface area contributed by atoms with Crippen molar-refractivity contribution < 1.29 is 0 Å². The summed E-state index contributed by atoms with van der Waals surface area (Å²) in [6.07, 6.45) is 0. The van der Waals surface area contributed by atoms with Crippen molar-refractivity contribution >= 4 is 21.8 Å². The fraction of sp³-hybridized carbons (Fsp3) is 0.0377. The maximum Gasteiger partial charge on any atom is 0.164 e. The summed E-state index contributed by atoms with van der Waals surface area (Å²) in [5, 5.41) is 2.52. The number of hydrogen-bond donors (Lipinski definition) is 0. The quantitative estimate of drug-likeness (QED) is 0.164. The van der Waals surface area contributed by atoms with Crippen molar-refractivity contribution in [3.63, 3.8) is 0 Å². The van der Waals surface area contributed by atoms with Crippen LogP contribution in [-0.2, 0) is 0 Å². The molecule has 10 rings (SSSR count). The maximum atomic E-state index is 5.17. The Bertz CT molecular complexity index is 3020. The summed E-state index contributed by atoms with van der Waals surface area (Å²) in [5.74, 6) is 1.92. The molecule has 0 fully saturated rings. The Morgan fingerprint density at radius 2 is 0.807 bits per heavy atom. The highest BCUT2D eigenvalue weighted by molar-refractivity contribution is 6.09. The largest absolute Gasteiger partial charge is 0.309 e. The van der Waals surface area contributed by atoms with E-state index in [4.69, 9.17) is 15.0 Å². The lowest BCUT2D eigenvalue weighted by molar-refractivity contribution is 1.07. The Kier molecular flexibility index (Phi) is 8.57. The van der Waals surface area contributed by atoms with Gasteiger partial charge in [0.25, 0.3) is 0 Å². The lowest BCUT2D eigenvalue weighted by Gasteiger charge is -2.14. The summed E-state index contributed by atoms with van der Waals surface area (Å²) in [4.78, 5) is 15.5. The van der Waals surface area contributed by atoms with Crippen molar-refractivity contribution in [3.8, 4) is 73.2 Å². The molecule has 2 aromatic heterocycles. The number of benzene rings is 8. The minimum absolute atomic E-state index is 0.633. The van der Waals surface area contributed by atoms with Crippen LogP contribution in [0.3, 0.4) is 0 Å². The van der Waals surface area contributed by atoms with Crippen molar-refractivity contribution in [1.82, 2.24) is 19.5 Å². The van der Waals surface area contributed by atoms with Crippen LogP contribution < -0.4 is 0 Å². The van der Waals surface area contributed by atoms with Crippen molar-refractivity contribution in [2.75, 3.05) is 0 Å². The number of rotatable bonds is 7. The fourth-order valence-corrected chi connectivity index (χ4v) is 8.08. The third-order valence-corrected chi connectivity index (χ3v) is 11.1. The van der Waals surface area contributed by atoms with Gasteiger partial charge < -0.3 is 4.57 Å². The average Bonchev–Trinajstić information content (AvgIpc) is 3.61. The van der Waals surface area contributed by atoms with Crippen LogP contribution in [0.4, 0.5) is 0 Å². The van der Waals surface area contributed by atoms with E-state index >= 15 is 0 Å². The van der Waals surface area contributed by atoms with Gasteiger partial charge in [-0.2, -0.15) is 0 Å². The monoisotopic (exact) mass is 730 g/mol. The van der Waals surface area contributed by atoms with Crippen LogP contribution in [0.25, 0.3) is 95.0 Å². The van der Waals surface area contributed by atoms with Gasteiger partial charge >= 0.3 is 0 Å². The first-order chi connectivity index (χ1) is 28.1. The molecule has 0 spiro atoms. The maximum absolute atomic E-state index is 5.17. The Morgan fingerprint density at radius 1 is 0.333 bits per heavy atom. The molecule has 4 nitrogen and oxygen atoms in total. The molecule has 0 unspecified atom stereocenters. The summed E-state index contributed by atoms with van der Waals surface area (Å²) in [6, 6.07) is 68.4. The second-order valence-electron chi connectivity index (χ2n) is 14.5. The SMILES string of the molecule is Cc1ccccc1-c1cccc(-c2nc(-c3ccc(-c4ccc(-n5c6ccccc6c6ccccc65)cc4)cc3)nc(-c3cccc(-c4ccccc4)c3)n2)c1C. The van der Waals surface area contributed by atoms with Gasteiger partial charge in [0.2, 0.25) is 0 Å². The van der Waals surface area contributed by atoms with Gasteiger partial charge in [-0.3, -0.25) is 0 Å². The van der Waals surface area contributed by atoms with E-state index in [2.05, 4.69) is 206 Å². The first-order valence-corrected chi connectivity index (χ1v) is 19.4. The summed E-state index contributed by atoms with van der Waals surface area (Å²) in [7, 11) is 0. The normalized spacial score (nSPS) is 11.3. The van der Waals surface area contributed by atoms with Gasteiger partial charge in [-0.25, -0.2) is 15.0 Å². The van der Waals surface area contributed by atoms with E-state index in [0.717, 1.165) is 50.2 Å². The Balaban J connectivity index is 1.04. The molecule has 4 heteroatoms. The van der Waals surface area contributed by atoms with Gasteiger partial charge in [0.1, 0.15) is 0 Å². The van der Waals surface area contributed by atoms with Crippen molar-refractivity contribution in [2.24, 2.45) is 0 Å². The lowest BCUT2D eigenvalue weighted by Crippen LogP contribution is -2.02. The fourth-order valence-electron chi connectivity index (χ4n) is 8.08. The number of aryl methyl sites for hydroxylation is 1. The number of para-hydroxylation sites is 2. The number of fused-ring (bicyclic) bond motifs is 3. The van der Waals surface area contributed by atoms with E-state index in [1.54, 1.807) is 0 Å². The number of aromatic nitrogens is 4. The van der Waals surface area contributed by atoms with Gasteiger partial charge in [-0.1, -0.05) is 164 Å². The van der Waals surface area contributed by atoms with E-state index in [1.807, 2.05) is 6.07 Å². The van der Waals surface area contributed by atoms with E-state index < -0.39 is 0 Å². The minimum Gasteiger partial charge on any atom is -0.309 e. The molecule has 8 aromatic carbocycles. The predicted octanol–water partition coefficient (Wildman–Crippen LogP) is 13.6. The first kappa shape index (κ1) is 34.1. The molecule has 57 heavy (non-hydrogen) atoms. The highest BCUT2D eigenvalue weighted by Gasteiger charge is 2.17. The second-order valence-corrected chi connectivity index (χ2v) is 14.5. The highest BCUT2D eigenvalue weighted by Crippen LogP contribution is 2.36. The molecule has 0 atom stereocenters. The highest BCUT2D eigenvalue weighted by atomic mass is 15.0. The van der Waals surface area contributed by atoms with E-state index in [1.165, 1.54) is 38.5 Å². The molecule has 0 aliphatic rings. The van der Waals surface area contributed by atoms with Gasteiger partial charge in [0.05, 0.1) is 11.0 Å². The number of nitrogens with zero attached hydrogens (tertiary/aromatic N) is 4. The Labute approximate surface area is 332 Å². The van der Waals surface area contributed by atoms with Crippen molar-refractivity contribution in [2.45, 2.75) is 13.8 Å². The third-order valence-electron chi connectivity index (χ3n) is 11.1. The van der Waals surface area contributed by atoms with Gasteiger partial charge in [-0.05, 0) is 88.7 Å². The molecule has 0 bridgehead atoms. The van der Waals surface area contributed by atoms with Crippen LogP contribution in [0, 0.1) is 13.8 Å². The summed E-state index contributed by atoms with van der Waals surface area (Å²) >= 11 is 0. The molecular weight excluding hydrogens is 693 g/mol. The van der Waals surface area contributed by atoms with Crippen molar-refractivity contribution in [1.29, 1.82) is 0 Å². The lowest BCUT2D eigenvalue weighted by atomic mass is 9.93. The Hall–Kier alpha value is -7.43. The molecule has 0 aliphatic carbocycles.